The summed E-state index contributed by atoms with van der Waals surface area (Å²) in [5.74, 6) is 0.838. The van der Waals surface area contributed by atoms with Gasteiger partial charge in [0.1, 0.15) is 0 Å². The number of aliphatic hydroxyl groups is 1. The molecule has 0 amide bonds. The minimum absolute atomic E-state index is 0.133. The van der Waals surface area contributed by atoms with Crippen molar-refractivity contribution in [1.29, 1.82) is 0 Å². The molecule has 0 bridgehead atoms. The van der Waals surface area contributed by atoms with Crippen LogP contribution in [0.5, 0.6) is 0 Å². The van der Waals surface area contributed by atoms with Crippen molar-refractivity contribution in [3.8, 4) is 0 Å². The van der Waals surface area contributed by atoms with E-state index in [9.17, 15) is 0 Å². The van der Waals surface area contributed by atoms with Gasteiger partial charge in [-0.1, -0.05) is 38.1 Å². The molecule has 1 fully saturated rings. The first-order valence-corrected chi connectivity index (χ1v) is 7.82. The predicted molar refractivity (Wildman–Crippen MR) is 83.5 cm³/mol. The van der Waals surface area contributed by atoms with Crippen LogP contribution in [0.2, 0.25) is 0 Å². The summed E-state index contributed by atoms with van der Waals surface area (Å²) in [6.07, 6.45) is 2.60. The second kappa shape index (κ2) is 7.77. The largest absolute Gasteiger partial charge is 0.392 e. The van der Waals surface area contributed by atoms with Crippen LogP contribution < -0.4 is 5.32 Å². The molecule has 1 aromatic rings. The first-order valence-electron chi connectivity index (χ1n) is 7.82. The second-order valence-electron chi connectivity index (χ2n) is 6.26. The molecule has 0 saturated carbocycles. The summed E-state index contributed by atoms with van der Waals surface area (Å²) in [7, 11) is 0. The minimum Gasteiger partial charge on any atom is -0.392 e. The Morgan fingerprint density at radius 1 is 1.15 bits per heavy atom. The summed E-state index contributed by atoms with van der Waals surface area (Å²) in [5.41, 5.74) is 2.34. The van der Waals surface area contributed by atoms with Gasteiger partial charge in [-0.2, -0.15) is 0 Å². The number of benzene rings is 1. The molecular weight excluding hydrogens is 248 g/mol. The van der Waals surface area contributed by atoms with E-state index in [1.165, 1.54) is 31.5 Å². The fourth-order valence-electron chi connectivity index (χ4n) is 2.76. The zero-order valence-electron chi connectivity index (χ0n) is 12.8. The lowest BCUT2D eigenvalue weighted by Crippen LogP contribution is -2.38. The van der Waals surface area contributed by atoms with E-state index in [1.54, 1.807) is 0 Å². The molecule has 0 atom stereocenters. The monoisotopic (exact) mass is 276 g/mol. The van der Waals surface area contributed by atoms with Crippen molar-refractivity contribution in [2.45, 2.75) is 45.9 Å². The van der Waals surface area contributed by atoms with Crippen LogP contribution in [0.1, 0.15) is 37.8 Å². The quantitative estimate of drug-likeness (QED) is 0.837. The third kappa shape index (κ3) is 4.89. The van der Waals surface area contributed by atoms with E-state index in [-0.39, 0.29) is 6.61 Å². The van der Waals surface area contributed by atoms with Crippen molar-refractivity contribution in [3.63, 3.8) is 0 Å². The van der Waals surface area contributed by atoms with Crippen molar-refractivity contribution >= 4 is 0 Å². The number of likely N-dealkylation sites (tertiary alicyclic amines) is 1. The zero-order chi connectivity index (χ0) is 14.4. The van der Waals surface area contributed by atoms with E-state index in [2.05, 4.69) is 36.2 Å². The second-order valence-corrected chi connectivity index (χ2v) is 6.26. The van der Waals surface area contributed by atoms with Crippen molar-refractivity contribution in [2.24, 2.45) is 5.92 Å². The summed E-state index contributed by atoms with van der Waals surface area (Å²) < 4.78 is 0. The summed E-state index contributed by atoms with van der Waals surface area (Å²) >= 11 is 0. The Morgan fingerprint density at radius 3 is 2.30 bits per heavy atom. The van der Waals surface area contributed by atoms with Gasteiger partial charge in [0.05, 0.1) is 6.61 Å². The number of rotatable bonds is 6. The van der Waals surface area contributed by atoms with E-state index in [4.69, 9.17) is 5.11 Å². The van der Waals surface area contributed by atoms with Gasteiger partial charge in [0, 0.05) is 12.6 Å². The van der Waals surface area contributed by atoms with E-state index >= 15 is 0 Å². The fraction of sp³-hybridized carbons (Fsp3) is 0.647. The molecule has 0 aliphatic carbocycles. The molecule has 20 heavy (non-hydrogen) atoms. The Kier molecular flexibility index (Phi) is 6.02. The fourth-order valence-corrected chi connectivity index (χ4v) is 2.76. The summed E-state index contributed by atoms with van der Waals surface area (Å²) in [6.45, 7) is 9.16. The maximum Gasteiger partial charge on any atom is 0.0681 e. The van der Waals surface area contributed by atoms with Crippen molar-refractivity contribution < 1.29 is 5.11 Å². The van der Waals surface area contributed by atoms with Crippen LogP contribution in [0.3, 0.4) is 0 Å². The van der Waals surface area contributed by atoms with Crippen LogP contribution in [-0.4, -0.2) is 35.7 Å². The van der Waals surface area contributed by atoms with E-state index < -0.39 is 0 Å². The molecule has 2 rings (SSSR count). The summed E-state index contributed by atoms with van der Waals surface area (Å²) in [6, 6.07) is 8.91. The molecule has 0 radical (unpaired) electrons. The normalized spacial score (nSPS) is 17.8. The van der Waals surface area contributed by atoms with Crippen LogP contribution >= 0.6 is 0 Å². The molecule has 0 spiro atoms. The van der Waals surface area contributed by atoms with Crippen molar-refractivity contribution in [3.05, 3.63) is 35.4 Å². The predicted octanol–water partition coefficient (Wildman–Crippen LogP) is 2.39. The SMILES string of the molecule is CC(C)NCC1CCN(Cc2ccc(CO)cc2)CC1. The zero-order valence-corrected chi connectivity index (χ0v) is 12.8. The van der Waals surface area contributed by atoms with Crippen molar-refractivity contribution in [2.75, 3.05) is 19.6 Å². The number of nitrogens with one attached hydrogen (secondary N) is 1. The average Bonchev–Trinajstić information content (AvgIpc) is 2.47. The van der Waals surface area contributed by atoms with Crippen LogP contribution in [-0.2, 0) is 13.2 Å². The van der Waals surface area contributed by atoms with Gasteiger partial charge in [0.15, 0.2) is 0 Å². The maximum atomic E-state index is 9.05. The Morgan fingerprint density at radius 2 is 1.75 bits per heavy atom. The number of hydrogen-bond acceptors (Lipinski definition) is 3. The first-order chi connectivity index (χ1) is 9.67. The maximum absolute atomic E-state index is 9.05. The van der Waals surface area contributed by atoms with Crippen LogP contribution in [0.25, 0.3) is 0 Å². The lowest BCUT2D eigenvalue weighted by atomic mass is 9.96. The highest BCUT2D eigenvalue weighted by Crippen LogP contribution is 2.18. The molecule has 0 unspecified atom stereocenters. The first kappa shape index (κ1) is 15.5. The highest BCUT2D eigenvalue weighted by atomic mass is 16.3. The molecular formula is C17H28N2O. The summed E-state index contributed by atoms with van der Waals surface area (Å²) in [4.78, 5) is 2.54. The topological polar surface area (TPSA) is 35.5 Å². The van der Waals surface area contributed by atoms with Gasteiger partial charge in [-0.25, -0.2) is 0 Å². The third-order valence-corrected chi connectivity index (χ3v) is 4.13. The highest BCUT2D eigenvalue weighted by molar-refractivity contribution is 5.21. The van der Waals surface area contributed by atoms with Crippen LogP contribution in [0.15, 0.2) is 24.3 Å². The van der Waals surface area contributed by atoms with Gasteiger partial charge in [-0.05, 0) is 49.5 Å². The van der Waals surface area contributed by atoms with Gasteiger partial charge in [0.25, 0.3) is 0 Å². The lowest BCUT2D eigenvalue weighted by molar-refractivity contribution is 0.174. The molecule has 1 aliphatic heterocycles. The van der Waals surface area contributed by atoms with E-state index in [0.29, 0.717) is 6.04 Å². The summed E-state index contributed by atoms with van der Waals surface area (Å²) in [5, 5.41) is 12.6. The van der Waals surface area contributed by atoms with Gasteiger partial charge in [0.2, 0.25) is 0 Å². The van der Waals surface area contributed by atoms with E-state index in [0.717, 1.165) is 24.6 Å². The molecule has 2 N–H and O–H groups in total. The smallest absolute Gasteiger partial charge is 0.0681 e. The number of nitrogens with zero attached hydrogens (tertiary/aromatic N) is 1. The minimum atomic E-state index is 0.133. The van der Waals surface area contributed by atoms with Gasteiger partial charge in [-0.3, -0.25) is 4.90 Å². The average molecular weight is 276 g/mol. The number of hydrogen-bond donors (Lipinski definition) is 2. The number of piperidine rings is 1. The molecule has 1 aromatic carbocycles. The highest BCUT2D eigenvalue weighted by Gasteiger charge is 2.19. The third-order valence-electron chi connectivity index (χ3n) is 4.13. The van der Waals surface area contributed by atoms with Gasteiger partial charge >= 0.3 is 0 Å². The molecule has 1 heterocycles. The van der Waals surface area contributed by atoms with Crippen LogP contribution in [0, 0.1) is 5.92 Å². The standard InChI is InChI=1S/C17H28N2O/c1-14(2)18-11-15-7-9-19(10-8-15)12-16-3-5-17(13-20)6-4-16/h3-6,14-15,18,20H,7-13H2,1-2H3. The number of aliphatic hydroxyl groups excluding tert-OH is 1. The van der Waals surface area contributed by atoms with Gasteiger partial charge in [-0.15, -0.1) is 0 Å². The Labute approximate surface area is 123 Å². The molecule has 3 nitrogen and oxygen atoms in total. The molecule has 112 valence electrons. The molecule has 1 saturated heterocycles. The Hall–Kier alpha value is -0.900. The molecule has 3 heteroatoms. The van der Waals surface area contributed by atoms with E-state index in [1.807, 2.05) is 12.1 Å². The van der Waals surface area contributed by atoms with Crippen LogP contribution in [0.4, 0.5) is 0 Å². The van der Waals surface area contributed by atoms with Gasteiger partial charge < -0.3 is 10.4 Å². The van der Waals surface area contributed by atoms with Crippen molar-refractivity contribution in [1.82, 2.24) is 10.2 Å². The Balaban J connectivity index is 1.73. The lowest BCUT2D eigenvalue weighted by Gasteiger charge is -2.32. The molecule has 0 aromatic heterocycles. The Bertz CT molecular complexity index is 380. The molecule has 1 aliphatic rings.